The summed E-state index contributed by atoms with van der Waals surface area (Å²) in [4.78, 5) is 14.4. The van der Waals surface area contributed by atoms with Crippen molar-refractivity contribution in [3.05, 3.63) is 40.0 Å². The topological polar surface area (TPSA) is 64.6 Å². The zero-order valence-electron chi connectivity index (χ0n) is 12.0. The fourth-order valence-corrected chi connectivity index (χ4v) is 2.60. The van der Waals surface area contributed by atoms with Gasteiger partial charge >= 0.3 is 0 Å². The summed E-state index contributed by atoms with van der Waals surface area (Å²) in [5.41, 5.74) is 6.81. The van der Waals surface area contributed by atoms with E-state index < -0.39 is 0 Å². The zero-order valence-corrected chi connectivity index (χ0v) is 13.6. The number of rotatable bonds is 5. The summed E-state index contributed by atoms with van der Waals surface area (Å²) in [5.74, 6) is -0.394. The molecule has 0 saturated carbocycles. The number of carbonyl (C=O) groups excluding carboxylic acids is 1. The summed E-state index contributed by atoms with van der Waals surface area (Å²) < 4.78 is 0.748. The molecule has 114 valence electrons. The van der Waals surface area contributed by atoms with Gasteiger partial charge in [0.15, 0.2) is 0 Å². The Morgan fingerprint density at radius 3 is 2.95 bits per heavy atom. The second-order valence-corrected chi connectivity index (χ2v) is 5.94. The van der Waals surface area contributed by atoms with Gasteiger partial charge in [-0.15, -0.1) is 0 Å². The van der Waals surface area contributed by atoms with Crippen LogP contribution < -0.4 is 10.9 Å². The van der Waals surface area contributed by atoms with Crippen LogP contribution in [0.4, 0.5) is 0 Å². The first-order valence-corrected chi connectivity index (χ1v) is 7.85. The minimum atomic E-state index is -0.356. The fourth-order valence-electron chi connectivity index (χ4n) is 2.24. The van der Waals surface area contributed by atoms with Gasteiger partial charge < -0.3 is 10.5 Å². The second-order valence-electron chi connectivity index (χ2n) is 5.02. The van der Waals surface area contributed by atoms with Crippen LogP contribution in [0.25, 0.3) is 0 Å². The van der Waals surface area contributed by atoms with Gasteiger partial charge in [-0.1, -0.05) is 22.9 Å². The summed E-state index contributed by atoms with van der Waals surface area (Å²) in [7, 11) is 0. The molecule has 6 heteroatoms. The molecule has 0 radical (unpaired) electrons. The van der Waals surface area contributed by atoms with Crippen LogP contribution in [0.5, 0.6) is 5.75 Å². The maximum Gasteiger partial charge on any atom is 0.273 e. The van der Waals surface area contributed by atoms with E-state index in [-0.39, 0.29) is 17.2 Å². The molecule has 1 aliphatic rings. The van der Waals surface area contributed by atoms with Gasteiger partial charge in [0.05, 0.1) is 5.56 Å². The molecule has 5 nitrogen and oxygen atoms in total. The molecule has 21 heavy (non-hydrogen) atoms. The van der Waals surface area contributed by atoms with Crippen LogP contribution in [0, 0.1) is 0 Å². The van der Waals surface area contributed by atoms with Crippen LogP contribution in [0.15, 0.2) is 34.4 Å². The van der Waals surface area contributed by atoms with Gasteiger partial charge in [0.25, 0.3) is 5.91 Å². The molecule has 0 aromatic heterocycles. The summed E-state index contributed by atoms with van der Waals surface area (Å²) in [6.45, 7) is 5.16. The van der Waals surface area contributed by atoms with Crippen LogP contribution in [0.2, 0.25) is 0 Å². The molecule has 0 unspecified atom stereocenters. The third-order valence-corrected chi connectivity index (χ3v) is 3.87. The van der Waals surface area contributed by atoms with Gasteiger partial charge in [-0.3, -0.25) is 15.1 Å². The fraction of sp³-hybridized carbons (Fsp3) is 0.400. The molecule has 1 aromatic rings. The van der Waals surface area contributed by atoms with Crippen LogP contribution >= 0.6 is 15.9 Å². The molecule has 0 aliphatic carbocycles. The van der Waals surface area contributed by atoms with Gasteiger partial charge in [0.2, 0.25) is 0 Å². The van der Waals surface area contributed by atoms with Gasteiger partial charge in [-0.25, -0.2) is 0 Å². The summed E-state index contributed by atoms with van der Waals surface area (Å²) in [6, 6.07) is 4.76. The Kier molecular flexibility index (Phi) is 5.64. The number of hydrazine groups is 1. The van der Waals surface area contributed by atoms with Crippen LogP contribution in [0.1, 0.15) is 30.1 Å². The van der Waals surface area contributed by atoms with Gasteiger partial charge in [-0.05, 0) is 37.2 Å². The van der Waals surface area contributed by atoms with Crippen molar-refractivity contribution in [1.82, 2.24) is 15.8 Å². The molecule has 0 bridgehead atoms. The molecule has 1 aliphatic heterocycles. The van der Waals surface area contributed by atoms with Gasteiger partial charge in [0, 0.05) is 29.7 Å². The molecule has 1 aromatic carbocycles. The third-order valence-electron chi connectivity index (χ3n) is 3.37. The molecule has 1 amide bonds. The Balaban J connectivity index is 1.89. The Hall–Kier alpha value is -1.53. The Morgan fingerprint density at radius 1 is 1.48 bits per heavy atom. The zero-order chi connectivity index (χ0) is 15.2. The largest absolute Gasteiger partial charge is 0.507 e. The number of nitrogens with zero attached hydrogens (tertiary/aromatic N) is 1. The number of nitrogens with one attached hydrogen (secondary N) is 2. The van der Waals surface area contributed by atoms with E-state index in [1.165, 1.54) is 6.07 Å². The smallest absolute Gasteiger partial charge is 0.273 e. The number of amides is 1. The Labute approximate surface area is 133 Å². The average molecular weight is 354 g/mol. The number of phenolic OH excluding ortho intramolecular Hbond substituents is 1. The van der Waals surface area contributed by atoms with Gasteiger partial charge in [0.1, 0.15) is 5.75 Å². The first-order chi connectivity index (χ1) is 10.1. The Morgan fingerprint density at radius 2 is 2.29 bits per heavy atom. The molecule has 0 atom stereocenters. The maximum atomic E-state index is 12.0. The minimum Gasteiger partial charge on any atom is -0.507 e. The number of aromatic hydroxyl groups is 1. The van der Waals surface area contributed by atoms with E-state index >= 15 is 0 Å². The quantitative estimate of drug-likeness (QED) is 0.711. The third kappa shape index (κ3) is 4.47. The predicted octanol–water partition coefficient (Wildman–Crippen LogP) is 2.39. The number of hydrogen-bond acceptors (Lipinski definition) is 4. The molecular formula is C15H20BrN3O2. The van der Waals surface area contributed by atoms with Crippen LogP contribution in [0.3, 0.4) is 0 Å². The van der Waals surface area contributed by atoms with Crippen molar-refractivity contribution in [2.24, 2.45) is 0 Å². The Bertz CT molecular complexity index is 546. The van der Waals surface area contributed by atoms with Crippen molar-refractivity contribution >= 4 is 21.8 Å². The molecule has 2 rings (SSSR count). The van der Waals surface area contributed by atoms with E-state index in [1.54, 1.807) is 12.1 Å². The van der Waals surface area contributed by atoms with E-state index in [0.717, 1.165) is 42.6 Å². The highest BCUT2D eigenvalue weighted by Crippen LogP contribution is 2.21. The predicted molar refractivity (Wildman–Crippen MR) is 85.8 cm³/mol. The highest BCUT2D eigenvalue weighted by atomic mass is 79.9. The molecule has 0 saturated heterocycles. The van der Waals surface area contributed by atoms with Crippen molar-refractivity contribution < 1.29 is 9.90 Å². The summed E-state index contributed by atoms with van der Waals surface area (Å²) in [5, 5.41) is 9.71. The lowest BCUT2D eigenvalue weighted by Gasteiger charge is -2.26. The standard InChI is InChI=1S/C15H20BrN3O2/c1-2-7-19-8-5-12(6-9-19)17-18-15(21)13-10-11(16)3-4-14(13)20/h3-5,10,17,20H,2,6-9H2,1H3,(H,18,21). The van der Waals surface area contributed by atoms with E-state index in [0.29, 0.717) is 0 Å². The SMILES string of the molecule is CCCN1CC=C(NNC(=O)c2cc(Br)ccc2O)CC1. The normalized spacial score (nSPS) is 15.4. The van der Waals surface area contributed by atoms with E-state index in [9.17, 15) is 9.90 Å². The van der Waals surface area contributed by atoms with E-state index in [2.05, 4.69) is 44.7 Å². The molecular weight excluding hydrogens is 334 g/mol. The van der Waals surface area contributed by atoms with Gasteiger partial charge in [-0.2, -0.15) is 0 Å². The number of benzene rings is 1. The molecule has 3 N–H and O–H groups in total. The monoisotopic (exact) mass is 353 g/mol. The number of halogens is 1. The van der Waals surface area contributed by atoms with Crippen molar-refractivity contribution in [2.45, 2.75) is 19.8 Å². The summed E-state index contributed by atoms with van der Waals surface area (Å²) >= 11 is 3.29. The molecule has 0 fully saturated rings. The van der Waals surface area contributed by atoms with Crippen LogP contribution in [-0.4, -0.2) is 35.5 Å². The highest BCUT2D eigenvalue weighted by Gasteiger charge is 2.14. The number of carbonyl (C=O) groups is 1. The summed E-state index contributed by atoms with van der Waals surface area (Å²) in [6.07, 6.45) is 4.11. The first-order valence-electron chi connectivity index (χ1n) is 7.06. The van der Waals surface area contributed by atoms with E-state index in [4.69, 9.17) is 0 Å². The van der Waals surface area contributed by atoms with Crippen molar-refractivity contribution in [2.75, 3.05) is 19.6 Å². The first kappa shape index (κ1) is 15.9. The molecule has 1 heterocycles. The number of hydrogen-bond donors (Lipinski definition) is 3. The lowest BCUT2D eigenvalue weighted by Crippen LogP contribution is -2.40. The minimum absolute atomic E-state index is 0.0377. The second kappa shape index (κ2) is 7.47. The lowest BCUT2D eigenvalue weighted by atomic mass is 10.2. The van der Waals surface area contributed by atoms with Crippen molar-refractivity contribution in [1.29, 1.82) is 0 Å². The molecule has 0 spiro atoms. The van der Waals surface area contributed by atoms with Crippen LogP contribution in [-0.2, 0) is 0 Å². The highest BCUT2D eigenvalue weighted by molar-refractivity contribution is 9.10. The van der Waals surface area contributed by atoms with Crippen molar-refractivity contribution in [3.8, 4) is 5.75 Å². The lowest BCUT2D eigenvalue weighted by molar-refractivity contribution is 0.0934. The average Bonchev–Trinajstić information content (AvgIpc) is 2.49. The van der Waals surface area contributed by atoms with Crippen molar-refractivity contribution in [3.63, 3.8) is 0 Å². The van der Waals surface area contributed by atoms with E-state index in [1.807, 2.05) is 0 Å². The number of phenols is 1. The maximum absolute atomic E-state index is 12.0.